The number of benzene rings is 1. The predicted molar refractivity (Wildman–Crippen MR) is 78.1 cm³/mol. The van der Waals surface area contributed by atoms with Gasteiger partial charge >= 0.3 is 5.97 Å². The van der Waals surface area contributed by atoms with Gasteiger partial charge in [0.15, 0.2) is 6.10 Å². The molecule has 5 heteroatoms. The number of amides is 1. The average Bonchev–Trinajstić information content (AvgIpc) is 2.88. The number of carbonyl (C=O) groups excluding carboxylic acids is 1. The summed E-state index contributed by atoms with van der Waals surface area (Å²) in [6.07, 6.45) is 1.04. The molecule has 1 N–H and O–H groups in total. The highest BCUT2D eigenvalue weighted by atomic mass is 16.5. The molecule has 21 heavy (non-hydrogen) atoms. The summed E-state index contributed by atoms with van der Waals surface area (Å²) in [7, 11) is 0. The predicted octanol–water partition coefficient (Wildman–Crippen LogP) is 2.31. The van der Waals surface area contributed by atoms with Crippen LogP contribution < -0.4 is 4.74 Å². The van der Waals surface area contributed by atoms with E-state index in [0.717, 1.165) is 0 Å². The Hall–Kier alpha value is -2.04. The van der Waals surface area contributed by atoms with Gasteiger partial charge in [-0.3, -0.25) is 4.79 Å². The van der Waals surface area contributed by atoms with Gasteiger partial charge in [0.1, 0.15) is 11.3 Å². The molecule has 1 aliphatic rings. The topological polar surface area (TPSA) is 66.8 Å². The van der Waals surface area contributed by atoms with Crippen LogP contribution in [-0.4, -0.2) is 40.1 Å². The summed E-state index contributed by atoms with van der Waals surface area (Å²) < 4.78 is 5.73. The fourth-order valence-electron chi connectivity index (χ4n) is 2.68. The highest BCUT2D eigenvalue weighted by Crippen LogP contribution is 2.30. The second-order valence-corrected chi connectivity index (χ2v) is 5.50. The molecule has 1 saturated heterocycles. The Balaban J connectivity index is 2.15. The summed E-state index contributed by atoms with van der Waals surface area (Å²) >= 11 is 0. The molecule has 2 unspecified atom stereocenters. The van der Waals surface area contributed by atoms with Crippen LogP contribution in [0.25, 0.3) is 0 Å². The van der Waals surface area contributed by atoms with Crippen LogP contribution in [0.1, 0.15) is 33.1 Å². The minimum Gasteiger partial charge on any atom is -0.481 e. The highest BCUT2D eigenvalue weighted by Gasteiger charge is 2.47. The molecule has 2 rings (SSSR count). The minimum atomic E-state index is -1.12. The van der Waals surface area contributed by atoms with Crippen molar-refractivity contribution < 1.29 is 19.4 Å². The third-order valence-electron chi connectivity index (χ3n) is 4.04. The molecule has 5 nitrogen and oxygen atoms in total. The van der Waals surface area contributed by atoms with E-state index in [4.69, 9.17) is 4.74 Å². The summed E-state index contributed by atoms with van der Waals surface area (Å²) in [4.78, 5) is 25.6. The van der Waals surface area contributed by atoms with Gasteiger partial charge in [0.05, 0.1) is 0 Å². The van der Waals surface area contributed by atoms with E-state index in [0.29, 0.717) is 31.6 Å². The molecule has 0 radical (unpaired) electrons. The van der Waals surface area contributed by atoms with E-state index < -0.39 is 17.6 Å². The van der Waals surface area contributed by atoms with Crippen LogP contribution in [0, 0.1) is 0 Å². The Bertz CT molecular complexity index is 516. The van der Waals surface area contributed by atoms with Crippen molar-refractivity contribution in [2.24, 2.45) is 0 Å². The van der Waals surface area contributed by atoms with E-state index in [9.17, 15) is 14.7 Å². The fraction of sp³-hybridized carbons (Fsp3) is 0.500. The Kier molecular flexibility index (Phi) is 4.50. The van der Waals surface area contributed by atoms with Gasteiger partial charge in [-0.15, -0.1) is 0 Å². The normalized spacial score (nSPS) is 22.9. The van der Waals surface area contributed by atoms with Gasteiger partial charge in [-0.25, -0.2) is 4.79 Å². The minimum absolute atomic E-state index is 0.247. The summed E-state index contributed by atoms with van der Waals surface area (Å²) in [6, 6.07) is 9.12. The summed E-state index contributed by atoms with van der Waals surface area (Å²) in [5, 5.41) is 9.40. The van der Waals surface area contributed by atoms with Crippen LogP contribution >= 0.6 is 0 Å². The van der Waals surface area contributed by atoms with Crippen molar-refractivity contribution in [3.8, 4) is 5.75 Å². The molecule has 114 valence electrons. The van der Waals surface area contributed by atoms with Crippen molar-refractivity contribution in [1.82, 2.24) is 4.90 Å². The number of nitrogens with zero attached hydrogens (tertiary/aromatic N) is 1. The van der Waals surface area contributed by atoms with Gasteiger partial charge in [0, 0.05) is 6.54 Å². The molecule has 0 aromatic heterocycles. The van der Waals surface area contributed by atoms with E-state index in [1.165, 1.54) is 4.90 Å². The molecule has 1 aliphatic heterocycles. The maximum absolute atomic E-state index is 12.6. The first-order chi connectivity index (χ1) is 9.99. The summed E-state index contributed by atoms with van der Waals surface area (Å²) in [5.74, 6) is -0.583. The van der Waals surface area contributed by atoms with E-state index >= 15 is 0 Å². The van der Waals surface area contributed by atoms with Crippen LogP contribution in [0.4, 0.5) is 0 Å². The van der Waals surface area contributed by atoms with Crippen molar-refractivity contribution in [3.63, 3.8) is 0 Å². The molecule has 1 aromatic rings. The highest BCUT2D eigenvalue weighted by molar-refractivity contribution is 5.89. The molecule has 2 atom stereocenters. The van der Waals surface area contributed by atoms with Crippen molar-refractivity contribution in [2.45, 2.75) is 44.8 Å². The van der Waals surface area contributed by atoms with Gasteiger partial charge in [-0.05, 0) is 38.3 Å². The maximum Gasteiger partial charge on any atom is 0.329 e. The van der Waals surface area contributed by atoms with Crippen LogP contribution in [0.15, 0.2) is 30.3 Å². The molecule has 1 fully saturated rings. The number of ether oxygens (including phenoxy) is 1. The number of rotatable bonds is 5. The Morgan fingerprint density at radius 3 is 2.62 bits per heavy atom. The zero-order valence-electron chi connectivity index (χ0n) is 12.4. The second kappa shape index (κ2) is 6.16. The molecule has 1 amide bonds. The zero-order chi connectivity index (χ0) is 15.5. The monoisotopic (exact) mass is 291 g/mol. The lowest BCUT2D eigenvalue weighted by molar-refractivity contribution is -0.158. The average molecular weight is 291 g/mol. The van der Waals surface area contributed by atoms with Crippen molar-refractivity contribution in [3.05, 3.63) is 30.3 Å². The maximum atomic E-state index is 12.6. The molecule has 0 saturated carbocycles. The Morgan fingerprint density at radius 2 is 2.05 bits per heavy atom. The van der Waals surface area contributed by atoms with E-state index in [2.05, 4.69) is 0 Å². The Labute approximate surface area is 124 Å². The smallest absolute Gasteiger partial charge is 0.329 e. The van der Waals surface area contributed by atoms with Gasteiger partial charge in [-0.1, -0.05) is 25.1 Å². The largest absolute Gasteiger partial charge is 0.481 e. The standard InChI is InChI=1S/C16H21NO4/c1-3-13(21-12-8-5-4-6-9-12)14(18)17-11-7-10-16(17,2)15(19)20/h4-6,8-9,13H,3,7,10-11H2,1-2H3,(H,19,20). The third-order valence-corrected chi connectivity index (χ3v) is 4.04. The number of carboxylic acids is 1. The van der Waals surface area contributed by atoms with Gasteiger partial charge < -0.3 is 14.7 Å². The lowest BCUT2D eigenvalue weighted by Gasteiger charge is -2.33. The molecular formula is C16H21NO4. The van der Waals surface area contributed by atoms with Crippen molar-refractivity contribution in [1.29, 1.82) is 0 Å². The number of carboxylic acid groups (broad SMARTS) is 1. The lowest BCUT2D eigenvalue weighted by atomic mass is 9.98. The van der Waals surface area contributed by atoms with Crippen LogP contribution in [0.5, 0.6) is 5.75 Å². The molecule has 0 bridgehead atoms. The molecular weight excluding hydrogens is 270 g/mol. The van der Waals surface area contributed by atoms with E-state index in [1.807, 2.05) is 25.1 Å². The third kappa shape index (κ3) is 3.01. The van der Waals surface area contributed by atoms with E-state index in [-0.39, 0.29) is 5.91 Å². The van der Waals surface area contributed by atoms with Gasteiger partial charge in [-0.2, -0.15) is 0 Å². The number of hydrogen-bond acceptors (Lipinski definition) is 3. The molecule has 0 aliphatic carbocycles. The molecule has 1 heterocycles. The van der Waals surface area contributed by atoms with Gasteiger partial charge in [0.25, 0.3) is 5.91 Å². The molecule has 0 spiro atoms. The van der Waals surface area contributed by atoms with Crippen LogP contribution in [-0.2, 0) is 9.59 Å². The van der Waals surface area contributed by atoms with Crippen LogP contribution in [0.3, 0.4) is 0 Å². The second-order valence-electron chi connectivity index (χ2n) is 5.50. The number of hydrogen-bond donors (Lipinski definition) is 1. The first kappa shape index (κ1) is 15.4. The van der Waals surface area contributed by atoms with Gasteiger partial charge in [0.2, 0.25) is 0 Å². The number of para-hydroxylation sites is 1. The summed E-state index contributed by atoms with van der Waals surface area (Å²) in [6.45, 7) is 3.94. The SMILES string of the molecule is CCC(Oc1ccccc1)C(=O)N1CCCC1(C)C(=O)O. The number of likely N-dealkylation sites (tertiary alicyclic amines) is 1. The zero-order valence-corrected chi connectivity index (χ0v) is 12.4. The van der Waals surface area contributed by atoms with Crippen molar-refractivity contribution >= 4 is 11.9 Å². The number of aliphatic carboxylic acids is 1. The van der Waals surface area contributed by atoms with Crippen LogP contribution in [0.2, 0.25) is 0 Å². The Morgan fingerprint density at radius 1 is 1.38 bits per heavy atom. The van der Waals surface area contributed by atoms with E-state index in [1.54, 1.807) is 19.1 Å². The number of carbonyl (C=O) groups is 2. The lowest BCUT2D eigenvalue weighted by Crippen LogP contribution is -2.54. The summed E-state index contributed by atoms with van der Waals surface area (Å²) in [5.41, 5.74) is -1.12. The fourth-order valence-corrected chi connectivity index (χ4v) is 2.68. The van der Waals surface area contributed by atoms with Crippen molar-refractivity contribution in [2.75, 3.05) is 6.54 Å². The first-order valence-electron chi connectivity index (χ1n) is 7.25. The first-order valence-corrected chi connectivity index (χ1v) is 7.25. The molecule has 1 aromatic carbocycles. The quantitative estimate of drug-likeness (QED) is 0.904.